The molecule has 1 aliphatic heterocycles. The van der Waals surface area contributed by atoms with Crippen molar-refractivity contribution < 1.29 is 35.5 Å². The molecule has 0 spiro atoms. The monoisotopic (exact) mass is 627 g/mol. The molecule has 6 rings (SSSR count). The number of nitrogens with zero attached hydrogens (tertiary/aromatic N) is 3. The van der Waals surface area contributed by atoms with Crippen LogP contribution in [0.4, 0.5) is 18.9 Å². The highest BCUT2D eigenvalue weighted by atomic mass is 32.2. The van der Waals surface area contributed by atoms with Gasteiger partial charge in [0.2, 0.25) is 5.89 Å². The Morgan fingerprint density at radius 1 is 1.02 bits per heavy atom. The van der Waals surface area contributed by atoms with Crippen LogP contribution in [0, 0.1) is 22.7 Å². The van der Waals surface area contributed by atoms with E-state index in [-0.39, 0.29) is 47.2 Å². The average Bonchev–Trinajstić information content (AvgIpc) is 3.63. The molecule has 12 heteroatoms. The average molecular weight is 628 g/mol. The molecule has 3 aromatic rings. The molecule has 3 fully saturated rings. The van der Waals surface area contributed by atoms with E-state index in [1.165, 1.54) is 24.3 Å². The van der Waals surface area contributed by atoms with Gasteiger partial charge in [0, 0.05) is 48.2 Å². The van der Waals surface area contributed by atoms with Crippen molar-refractivity contribution in [2.24, 2.45) is 11.3 Å². The third kappa shape index (κ3) is 6.62. The summed E-state index contributed by atoms with van der Waals surface area (Å²) in [5.41, 5.74) is 2.07. The lowest BCUT2D eigenvalue weighted by Crippen LogP contribution is -2.40. The predicted molar refractivity (Wildman–Crippen MR) is 157 cm³/mol. The van der Waals surface area contributed by atoms with Crippen LogP contribution in [-0.2, 0) is 14.6 Å². The van der Waals surface area contributed by atoms with Gasteiger partial charge in [-0.15, -0.1) is 13.2 Å². The Labute approximate surface area is 253 Å². The van der Waals surface area contributed by atoms with E-state index in [2.05, 4.69) is 10.8 Å². The molecule has 2 aromatic carbocycles. The van der Waals surface area contributed by atoms with Crippen molar-refractivity contribution in [3.63, 3.8) is 0 Å². The number of alkyl halides is 3. The van der Waals surface area contributed by atoms with E-state index in [1.54, 1.807) is 0 Å². The van der Waals surface area contributed by atoms with Crippen molar-refractivity contribution in [2.45, 2.75) is 57.2 Å². The van der Waals surface area contributed by atoms with Crippen LogP contribution in [0.2, 0.25) is 0 Å². The number of nitriles is 1. The van der Waals surface area contributed by atoms with E-state index in [0.717, 1.165) is 36.9 Å². The van der Waals surface area contributed by atoms with Gasteiger partial charge in [0.05, 0.1) is 23.0 Å². The first-order valence-electron chi connectivity index (χ1n) is 14.8. The minimum Gasteiger partial charge on any atom is -0.440 e. The lowest BCUT2D eigenvalue weighted by atomic mass is 9.73. The summed E-state index contributed by atoms with van der Waals surface area (Å²) in [6.07, 6.45) is 0.0458. The van der Waals surface area contributed by atoms with Gasteiger partial charge in [0.25, 0.3) is 0 Å². The number of ketones is 1. The molecule has 3 aliphatic rings. The van der Waals surface area contributed by atoms with Gasteiger partial charge in [-0.1, -0.05) is 25.0 Å². The molecule has 2 aliphatic carbocycles. The van der Waals surface area contributed by atoms with Crippen LogP contribution in [0.1, 0.15) is 56.6 Å². The first kappa shape index (κ1) is 30.2. The summed E-state index contributed by atoms with van der Waals surface area (Å²) in [5.74, 6) is 0.0672. The topological polar surface area (TPSA) is 114 Å². The summed E-state index contributed by atoms with van der Waals surface area (Å²) in [7, 11) is -3.02. The fourth-order valence-corrected chi connectivity index (χ4v) is 7.49. The summed E-state index contributed by atoms with van der Waals surface area (Å²) in [4.78, 5) is 20.4. The maximum absolute atomic E-state index is 13.6. The van der Waals surface area contributed by atoms with E-state index in [0.29, 0.717) is 42.9 Å². The third-order valence-electron chi connectivity index (χ3n) is 8.96. The number of Topliss-reactive ketones (excluding diaryl/α,β-unsaturated/α-hetero) is 1. The minimum absolute atomic E-state index is 0.0571. The summed E-state index contributed by atoms with van der Waals surface area (Å²) >= 11 is 0. The van der Waals surface area contributed by atoms with Crippen LogP contribution in [-0.4, -0.2) is 50.1 Å². The van der Waals surface area contributed by atoms with Crippen LogP contribution in [0.15, 0.2) is 52.9 Å². The lowest BCUT2D eigenvalue weighted by Gasteiger charge is -2.30. The second-order valence-corrected chi connectivity index (χ2v) is 14.3. The Hall–Kier alpha value is -3.85. The van der Waals surface area contributed by atoms with E-state index in [4.69, 9.17) is 9.40 Å². The fourth-order valence-electron chi connectivity index (χ4n) is 6.29. The zero-order valence-electron chi connectivity index (χ0n) is 24.0. The van der Waals surface area contributed by atoms with Crippen LogP contribution >= 0.6 is 0 Å². The Morgan fingerprint density at radius 3 is 2.27 bits per heavy atom. The number of anilines is 1. The highest BCUT2D eigenvalue weighted by Crippen LogP contribution is 2.51. The van der Waals surface area contributed by atoms with E-state index >= 15 is 0 Å². The molecule has 8 nitrogen and oxygen atoms in total. The quantitative estimate of drug-likeness (QED) is 0.272. The molecule has 0 radical (unpaired) electrons. The molecule has 2 atom stereocenters. The molecule has 0 amide bonds. The third-order valence-corrected chi connectivity index (χ3v) is 10.6. The van der Waals surface area contributed by atoms with Gasteiger partial charge >= 0.3 is 6.36 Å². The van der Waals surface area contributed by atoms with Crippen molar-refractivity contribution >= 4 is 21.3 Å². The number of rotatable bonds is 8. The number of ether oxygens (including phenoxy) is 1. The van der Waals surface area contributed by atoms with Gasteiger partial charge in [-0.25, -0.2) is 13.4 Å². The Kier molecular flexibility index (Phi) is 7.94. The van der Waals surface area contributed by atoms with E-state index in [1.807, 2.05) is 29.2 Å². The number of oxazole rings is 1. The second-order valence-electron chi connectivity index (χ2n) is 12.0. The van der Waals surface area contributed by atoms with E-state index in [9.17, 15) is 31.6 Å². The maximum atomic E-state index is 13.6. The number of aromatic nitrogens is 1. The van der Waals surface area contributed by atoms with Gasteiger partial charge in [-0.05, 0) is 62.1 Å². The van der Waals surface area contributed by atoms with Crippen molar-refractivity contribution in [1.82, 2.24) is 4.98 Å². The first-order chi connectivity index (χ1) is 20.9. The van der Waals surface area contributed by atoms with Crippen molar-refractivity contribution in [2.75, 3.05) is 29.5 Å². The summed E-state index contributed by atoms with van der Waals surface area (Å²) in [6.45, 7) is 0.816. The van der Waals surface area contributed by atoms with Gasteiger partial charge < -0.3 is 14.1 Å². The Bertz CT molecular complexity index is 1660. The number of halogens is 3. The molecule has 2 saturated carbocycles. The molecular formula is C32H32F3N3O5S. The normalized spacial score (nSPS) is 22.6. The zero-order valence-corrected chi connectivity index (χ0v) is 24.8. The largest absolute Gasteiger partial charge is 0.573 e. The Balaban J connectivity index is 1.34. The van der Waals surface area contributed by atoms with Gasteiger partial charge in [-0.3, -0.25) is 4.79 Å². The lowest BCUT2D eigenvalue weighted by molar-refractivity contribution is -0.274. The van der Waals surface area contributed by atoms with Crippen LogP contribution in [0.5, 0.6) is 5.75 Å². The SMILES string of the molecule is N#CC1(CC(=O)[C@@H]2CCCC[C@H]2c2oc(-c3ccc(OC(F)(F)F)cc3)nc2-c2ccc(N3CCS(=O)(=O)CC3)cc2)CC1. The van der Waals surface area contributed by atoms with Crippen molar-refractivity contribution in [3.05, 3.63) is 54.3 Å². The predicted octanol–water partition coefficient (Wildman–Crippen LogP) is 6.68. The van der Waals surface area contributed by atoms with Gasteiger partial charge in [0.1, 0.15) is 23.0 Å². The minimum atomic E-state index is -4.81. The van der Waals surface area contributed by atoms with Crippen molar-refractivity contribution in [1.29, 1.82) is 5.26 Å². The molecule has 0 N–H and O–H groups in total. The summed E-state index contributed by atoms with van der Waals surface area (Å²) in [5, 5.41) is 9.60. The standard InChI is InChI=1S/C32H32F3N3O5S/c33-32(34,35)43-24-11-7-22(8-12-24)30-37-28(21-5-9-23(10-6-21)38-15-17-44(40,41)18-16-38)29(42-30)26-4-2-1-3-25(26)27(39)19-31(20-36)13-14-31/h5-12,25-26H,1-4,13-19H2/t25-,26-/m1/s1. The van der Waals surface area contributed by atoms with E-state index < -0.39 is 21.6 Å². The molecule has 1 saturated heterocycles. The number of benzene rings is 2. The molecule has 44 heavy (non-hydrogen) atoms. The smallest absolute Gasteiger partial charge is 0.440 e. The number of carbonyl (C=O) groups excluding carboxylic acids is 1. The molecular weight excluding hydrogens is 595 g/mol. The zero-order chi connectivity index (χ0) is 31.1. The number of sulfone groups is 1. The highest BCUT2D eigenvalue weighted by Gasteiger charge is 2.47. The number of hydrogen-bond acceptors (Lipinski definition) is 8. The summed E-state index contributed by atoms with van der Waals surface area (Å²) in [6, 6.07) is 15.2. The highest BCUT2D eigenvalue weighted by molar-refractivity contribution is 7.91. The summed E-state index contributed by atoms with van der Waals surface area (Å²) < 4.78 is 72.3. The van der Waals surface area contributed by atoms with Crippen LogP contribution in [0.3, 0.4) is 0 Å². The van der Waals surface area contributed by atoms with Crippen molar-refractivity contribution in [3.8, 4) is 34.5 Å². The Morgan fingerprint density at radius 2 is 1.66 bits per heavy atom. The van der Waals surface area contributed by atoms with Crippen LogP contribution < -0.4 is 9.64 Å². The number of hydrogen-bond donors (Lipinski definition) is 0. The molecule has 1 aromatic heterocycles. The second kappa shape index (κ2) is 11.6. The van der Waals surface area contributed by atoms with Gasteiger partial charge in [0.15, 0.2) is 9.84 Å². The molecule has 232 valence electrons. The molecule has 0 unspecified atom stereocenters. The van der Waals surface area contributed by atoms with Crippen LogP contribution in [0.25, 0.3) is 22.7 Å². The fraction of sp³-hybridized carbons (Fsp3) is 0.469. The molecule has 0 bridgehead atoms. The molecule has 2 heterocycles. The van der Waals surface area contributed by atoms with Gasteiger partial charge in [-0.2, -0.15) is 5.26 Å². The number of carbonyl (C=O) groups is 1. The maximum Gasteiger partial charge on any atom is 0.573 e. The first-order valence-corrected chi connectivity index (χ1v) is 16.6.